The van der Waals surface area contributed by atoms with E-state index in [1.54, 1.807) is 0 Å². The van der Waals surface area contributed by atoms with Gasteiger partial charge in [0.2, 0.25) is 0 Å². The third-order valence-corrected chi connectivity index (χ3v) is 3.67. The molecule has 0 aromatic carbocycles. The maximum atomic E-state index is 3.39. The van der Waals surface area contributed by atoms with E-state index in [0.717, 1.165) is 5.92 Å². The number of hydrogen-bond donors (Lipinski definition) is 1. The summed E-state index contributed by atoms with van der Waals surface area (Å²) in [6, 6.07) is 4.39. The molecule has 0 atom stereocenters. The molecule has 1 fully saturated rings. The van der Waals surface area contributed by atoms with Crippen LogP contribution in [0.15, 0.2) is 18.3 Å². The number of aromatic nitrogens is 1. The van der Waals surface area contributed by atoms with Crippen molar-refractivity contribution in [1.82, 2.24) is 4.98 Å². The maximum absolute atomic E-state index is 3.39. The number of nitrogens with one attached hydrogen (secondary N) is 1. The van der Waals surface area contributed by atoms with Gasteiger partial charge in [-0.1, -0.05) is 44.9 Å². The Hall–Kier alpha value is -0.720. The number of aromatic amines is 1. The first-order valence-electron chi connectivity index (χ1n) is 6.60. The summed E-state index contributed by atoms with van der Waals surface area (Å²) in [6.07, 6.45) is 14.9. The van der Waals surface area contributed by atoms with E-state index < -0.39 is 0 Å². The summed E-state index contributed by atoms with van der Waals surface area (Å²) in [5, 5.41) is 0. The van der Waals surface area contributed by atoms with E-state index in [9.17, 15) is 0 Å². The molecular weight excluding hydrogens is 182 g/mol. The molecule has 0 bridgehead atoms. The van der Waals surface area contributed by atoms with Crippen molar-refractivity contribution in [2.75, 3.05) is 0 Å². The average molecular weight is 205 g/mol. The third kappa shape index (κ3) is 3.40. The zero-order valence-electron chi connectivity index (χ0n) is 9.67. The van der Waals surface area contributed by atoms with Gasteiger partial charge < -0.3 is 4.98 Å². The predicted molar refractivity (Wildman–Crippen MR) is 65.1 cm³/mol. The minimum Gasteiger partial charge on any atom is -0.365 e. The smallest absolute Gasteiger partial charge is 0.0178 e. The Bertz CT molecular complexity index is 240. The van der Waals surface area contributed by atoms with Gasteiger partial charge in [0.05, 0.1) is 0 Å². The normalized spacial score (nSPS) is 21.3. The summed E-state index contributed by atoms with van der Waals surface area (Å²) in [7, 11) is 0. The topological polar surface area (TPSA) is 15.8 Å². The first-order valence-corrected chi connectivity index (χ1v) is 6.60. The van der Waals surface area contributed by atoms with E-state index in [4.69, 9.17) is 0 Å². The molecule has 1 aliphatic rings. The molecule has 1 heteroatoms. The van der Waals surface area contributed by atoms with Gasteiger partial charge in [0.1, 0.15) is 0 Å². The molecule has 1 aromatic rings. The van der Waals surface area contributed by atoms with Gasteiger partial charge in [0.15, 0.2) is 0 Å². The lowest BCUT2D eigenvalue weighted by atomic mass is 9.90. The highest BCUT2D eigenvalue weighted by molar-refractivity contribution is 5.09. The van der Waals surface area contributed by atoms with Crippen LogP contribution in [0.25, 0.3) is 0 Å². The summed E-state index contributed by atoms with van der Waals surface area (Å²) in [6.45, 7) is 0. The summed E-state index contributed by atoms with van der Waals surface area (Å²) in [5.74, 6) is 0.804. The molecule has 84 valence electrons. The van der Waals surface area contributed by atoms with Gasteiger partial charge >= 0.3 is 0 Å². The Morgan fingerprint density at radius 3 is 2.00 bits per heavy atom. The van der Waals surface area contributed by atoms with Crippen LogP contribution in [-0.4, -0.2) is 4.98 Å². The van der Waals surface area contributed by atoms with Gasteiger partial charge in [-0.15, -0.1) is 0 Å². The van der Waals surface area contributed by atoms with E-state index in [1.165, 1.54) is 63.5 Å². The van der Waals surface area contributed by atoms with E-state index in [0.29, 0.717) is 0 Å². The molecule has 0 unspecified atom stereocenters. The fourth-order valence-corrected chi connectivity index (χ4v) is 2.72. The predicted octanol–water partition coefficient (Wildman–Crippen LogP) is 4.62. The molecule has 1 saturated carbocycles. The lowest BCUT2D eigenvalue weighted by Crippen LogP contribution is -2.01. The molecule has 0 saturated heterocycles. The van der Waals surface area contributed by atoms with Crippen molar-refractivity contribution in [3.05, 3.63) is 24.0 Å². The third-order valence-electron chi connectivity index (χ3n) is 3.67. The standard InChI is InChI=1S/C14H23N/c1-2-4-6-9-13(10-7-5-3-1)14-11-8-12-15-14/h8,11-13,15H,1-7,9-10H2. The van der Waals surface area contributed by atoms with Crippen LogP contribution in [0, 0.1) is 0 Å². The first-order chi connectivity index (χ1) is 7.47. The molecule has 1 heterocycles. The van der Waals surface area contributed by atoms with Crippen molar-refractivity contribution in [3.63, 3.8) is 0 Å². The lowest BCUT2D eigenvalue weighted by Gasteiger charge is -2.17. The largest absolute Gasteiger partial charge is 0.365 e. The molecule has 0 radical (unpaired) electrons. The monoisotopic (exact) mass is 205 g/mol. The zero-order chi connectivity index (χ0) is 10.3. The fourth-order valence-electron chi connectivity index (χ4n) is 2.72. The van der Waals surface area contributed by atoms with Gasteiger partial charge in [-0.25, -0.2) is 0 Å². The number of hydrogen-bond acceptors (Lipinski definition) is 0. The Kier molecular flexibility index (Phi) is 4.31. The van der Waals surface area contributed by atoms with Crippen molar-refractivity contribution in [2.24, 2.45) is 0 Å². The quantitative estimate of drug-likeness (QED) is 0.688. The highest BCUT2D eigenvalue weighted by atomic mass is 14.7. The summed E-state index contributed by atoms with van der Waals surface area (Å²) < 4.78 is 0. The van der Waals surface area contributed by atoms with Crippen LogP contribution in [0.3, 0.4) is 0 Å². The van der Waals surface area contributed by atoms with Crippen LogP contribution < -0.4 is 0 Å². The highest BCUT2D eigenvalue weighted by Crippen LogP contribution is 2.28. The maximum Gasteiger partial charge on any atom is 0.0178 e. The second-order valence-corrected chi connectivity index (χ2v) is 4.87. The average Bonchev–Trinajstić information content (AvgIpc) is 2.79. The zero-order valence-corrected chi connectivity index (χ0v) is 9.67. The lowest BCUT2D eigenvalue weighted by molar-refractivity contribution is 0.458. The van der Waals surface area contributed by atoms with E-state index in [-0.39, 0.29) is 0 Å². The van der Waals surface area contributed by atoms with Crippen molar-refractivity contribution in [3.8, 4) is 0 Å². The van der Waals surface area contributed by atoms with Crippen molar-refractivity contribution >= 4 is 0 Å². The van der Waals surface area contributed by atoms with Gasteiger partial charge in [-0.3, -0.25) is 0 Å². The van der Waals surface area contributed by atoms with Crippen molar-refractivity contribution < 1.29 is 0 Å². The van der Waals surface area contributed by atoms with Crippen LogP contribution in [0.5, 0.6) is 0 Å². The molecule has 1 aliphatic carbocycles. The van der Waals surface area contributed by atoms with Gasteiger partial charge in [-0.05, 0) is 30.9 Å². The second kappa shape index (κ2) is 5.99. The Morgan fingerprint density at radius 1 is 0.867 bits per heavy atom. The molecule has 1 aromatic heterocycles. The van der Waals surface area contributed by atoms with E-state index >= 15 is 0 Å². The number of H-pyrrole nitrogens is 1. The Labute approximate surface area is 93.3 Å². The van der Waals surface area contributed by atoms with Gasteiger partial charge in [0.25, 0.3) is 0 Å². The van der Waals surface area contributed by atoms with Crippen molar-refractivity contribution in [2.45, 2.75) is 63.7 Å². The molecule has 0 amide bonds. The molecular formula is C14H23N. The number of rotatable bonds is 1. The highest BCUT2D eigenvalue weighted by Gasteiger charge is 2.12. The van der Waals surface area contributed by atoms with Crippen LogP contribution in [-0.2, 0) is 0 Å². The second-order valence-electron chi connectivity index (χ2n) is 4.87. The molecule has 1 N–H and O–H groups in total. The van der Waals surface area contributed by atoms with Gasteiger partial charge in [0, 0.05) is 11.9 Å². The molecule has 0 spiro atoms. The Morgan fingerprint density at radius 2 is 1.47 bits per heavy atom. The first kappa shape index (κ1) is 10.8. The summed E-state index contributed by atoms with van der Waals surface area (Å²) >= 11 is 0. The van der Waals surface area contributed by atoms with E-state index in [2.05, 4.69) is 23.3 Å². The van der Waals surface area contributed by atoms with Crippen LogP contribution >= 0.6 is 0 Å². The molecule has 0 aliphatic heterocycles. The molecule has 2 rings (SSSR count). The summed E-state index contributed by atoms with van der Waals surface area (Å²) in [5.41, 5.74) is 1.47. The van der Waals surface area contributed by atoms with Crippen molar-refractivity contribution in [1.29, 1.82) is 0 Å². The summed E-state index contributed by atoms with van der Waals surface area (Å²) in [4.78, 5) is 3.39. The Balaban J connectivity index is 1.90. The fraction of sp³-hybridized carbons (Fsp3) is 0.714. The SMILES string of the molecule is c1c[nH]c(C2CCCCCCCCC2)c1. The van der Waals surface area contributed by atoms with Crippen LogP contribution in [0.4, 0.5) is 0 Å². The minimum absolute atomic E-state index is 0.804. The minimum atomic E-state index is 0.804. The molecule has 15 heavy (non-hydrogen) atoms. The molecule has 1 nitrogen and oxygen atoms in total. The van der Waals surface area contributed by atoms with E-state index in [1.807, 2.05) is 0 Å². The van der Waals surface area contributed by atoms with Crippen LogP contribution in [0.1, 0.15) is 69.4 Å². The van der Waals surface area contributed by atoms with Gasteiger partial charge in [-0.2, -0.15) is 0 Å². The van der Waals surface area contributed by atoms with Crippen LogP contribution in [0.2, 0.25) is 0 Å².